The Labute approximate surface area is 221 Å². The molecule has 37 heavy (non-hydrogen) atoms. The minimum Gasteiger partial charge on any atom is -0.481 e. The summed E-state index contributed by atoms with van der Waals surface area (Å²) in [5.41, 5.74) is 5.56. The molecule has 1 aliphatic heterocycles. The van der Waals surface area contributed by atoms with Gasteiger partial charge < -0.3 is 31.1 Å². The van der Waals surface area contributed by atoms with Crippen molar-refractivity contribution in [1.29, 1.82) is 0 Å². The number of carbonyl (C=O) groups excluding carboxylic acids is 4. The monoisotopic (exact) mass is 538 g/mol. The summed E-state index contributed by atoms with van der Waals surface area (Å²) in [6, 6.07) is 1.57. The van der Waals surface area contributed by atoms with Gasteiger partial charge >= 0.3 is 11.9 Å². The first kappa shape index (κ1) is 29.9. The van der Waals surface area contributed by atoms with Crippen molar-refractivity contribution < 1.29 is 33.8 Å². The second-order valence-electron chi connectivity index (χ2n) is 10.0. The normalized spacial score (nSPS) is 17.0. The minimum absolute atomic E-state index is 0.125. The van der Waals surface area contributed by atoms with E-state index in [0.717, 1.165) is 0 Å². The van der Waals surface area contributed by atoms with E-state index in [4.69, 9.17) is 22.1 Å². The topological polar surface area (TPSA) is 168 Å². The summed E-state index contributed by atoms with van der Waals surface area (Å²) in [5.74, 6) is -3.35. The molecule has 1 aromatic rings. The number of nitrogen functional groups attached to an aromatic ring is 1. The standard InChI is InChI=1S/C25H35ClN4O7/c1-5-37-20(33)13-15(12-19(31)32)28-23(35)18-7-6-10-30(18)24(36)21(25(2,3)4)29-22(34)14-8-9-17(27)16(26)11-14/h8-9,11,15,18,21H,5-7,10,12-13,27H2,1-4H3,(H,28,35)(H,29,34)(H,31,32)/t15-,18+,21?/m0/s1. The third-order valence-electron chi connectivity index (χ3n) is 5.98. The number of likely N-dealkylation sites (tertiary alicyclic amines) is 1. The molecule has 1 aromatic carbocycles. The van der Waals surface area contributed by atoms with E-state index < -0.39 is 59.6 Å². The number of carboxylic acids is 1. The van der Waals surface area contributed by atoms with Gasteiger partial charge in [-0.05, 0) is 43.4 Å². The van der Waals surface area contributed by atoms with Crippen molar-refractivity contribution in [3.63, 3.8) is 0 Å². The van der Waals surface area contributed by atoms with Gasteiger partial charge in [0.25, 0.3) is 5.91 Å². The Morgan fingerprint density at radius 3 is 2.43 bits per heavy atom. The van der Waals surface area contributed by atoms with Crippen LogP contribution in [-0.2, 0) is 23.9 Å². The van der Waals surface area contributed by atoms with Crippen molar-refractivity contribution in [2.24, 2.45) is 5.41 Å². The van der Waals surface area contributed by atoms with Gasteiger partial charge in [-0.15, -0.1) is 0 Å². The summed E-state index contributed by atoms with van der Waals surface area (Å²) in [5, 5.41) is 14.8. The molecule has 0 aromatic heterocycles. The average Bonchev–Trinajstić information content (AvgIpc) is 3.27. The van der Waals surface area contributed by atoms with Crippen LogP contribution in [0, 0.1) is 5.41 Å². The Bertz CT molecular complexity index is 1040. The van der Waals surface area contributed by atoms with Gasteiger partial charge in [-0.2, -0.15) is 0 Å². The van der Waals surface area contributed by atoms with E-state index >= 15 is 0 Å². The summed E-state index contributed by atoms with van der Waals surface area (Å²) in [7, 11) is 0. The largest absolute Gasteiger partial charge is 0.481 e. The van der Waals surface area contributed by atoms with E-state index in [1.807, 2.05) is 0 Å². The first-order chi connectivity index (χ1) is 17.2. The number of rotatable bonds is 10. The van der Waals surface area contributed by atoms with Crippen LogP contribution in [0.2, 0.25) is 5.02 Å². The predicted octanol–water partition coefficient (Wildman–Crippen LogP) is 1.97. The molecule has 0 radical (unpaired) electrons. The zero-order valence-corrected chi connectivity index (χ0v) is 22.3. The van der Waals surface area contributed by atoms with Gasteiger partial charge in [0.2, 0.25) is 11.8 Å². The van der Waals surface area contributed by atoms with Crippen LogP contribution in [0.4, 0.5) is 5.69 Å². The van der Waals surface area contributed by atoms with Crippen molar-refractivity contribution in [3.05, 3.63) is 28.8 Å². The van der Waals surface area contributed by atoms with Gasteiger partial charge in [-0.1, -0.05) is 32.4 Å². The molecule has 0 spiro atoms. The van der Waals surface area contributed by atoms with Crippen molar-refractivity contribution in [2.45, 2.75) is 71.5 Å². The zero-order chi connectivity index (χ0) is 27.9. The maximum atomic E-state index is 13.6. The molecule has 1 aliphatic rings. The lowest BCUT2D eigenvalue weighted by molar-refractivity contribution is -0.146. The highest BCUT2D eigenvalue weighted by Crippen LogP contribution is 2.27. The number of carbonyl (C=O) groups is 5. The fraction of sp³-hybridized carbons (Fsp3) is 0.560. The molecule has 12 heteroatoms. The maximum Gasteiger partial charge on any atom is 0.307 e. The Morgan fingerprint density at radius 2 is 1.86 bits per heavy atom. The van der Waals surface area contributed by atoms with Gasteiger partial charge in [-0.3, -0.25) is 24.0 Å². The molecule has 0 aliphatic carbocycles. The molecule has 11 nitrogen and oxygen atoms in total. The van der Waals surface area contributed by atoms with Crippen LogP contribution in [0.1, 0.15) is 63.7 Å². The van der Waals surface area contributed by atoms with Gasteiger partial charge in [0.1, 0.15) is 12.1 Å². The zero-order valence-electron chi connectivity index (χ0n) is 21.5. The van der Waals surface area contributed by atoms with E-state index in [1.54, 1.807) is 27.7 Å². The highest BCUT2D eigenvalue weighted by Gasteiger charge is 2.42. The second kappa shape index (κ2) is 12.8. The lowest BCUT2D eigenvalue weighted by Gasteiger charge is -2.35. The fourth-order valence-electron chi connectivity index (χ4n) is 4.10. The number of nitrogens with zero attached hydrogens (tertiary/aromatic N) is 1. The van der Waals surface area contributed by atoms with Gasteiger partial charge in [-0.25, -0.2) is 0 Å². The van der Waals surface area contributed by atoms with Crippen molar-refractivity contribution >= 4 is 46.9 Å². The molecule has 1 heterocycles. The molecular formula is C25H35ClN4O7. The van der Waals surface area contributed by atoms with Crippen molar-refractivity contribution in [3.8, 4) is 0 Å². The summed E-state index contributed by atoms with van der Waals surface area (Å²) >= 11 is 6.04. The SMILES string of the molecule is CCOC(=O)C[C@H](CC(=O)O)NC(=O)[C@H]1CCCN1C(=O)C(NC(=O)c1ccc(N)c(Cl)c1)C(C)(C)C. The van der Waals surface area contributed by atoms with E-state index in [1.165, 1.54) is 23.1 Å². The summed E-state index contributed by atoms with van der Waals surface area (Å²) in [6.45, 7) is 7.41. The summed E-state index contributed by atoms with van der Waals surface area (Å²) in [4.78, 5) is 64.2. The maximum absolute atomic E-state index is 13.6. The van der Waals surface area contributed by atoms with Crippen LogP contribution < -0.4 is 16.4 Å². The molecule has 1 saturated heterocycles. The number of hydrogen-bond donors (Lipinski definition) is 4. The van der Waals surface area contributed by atoms with Gasteiger partial charge in [0, 0.05) is 18.2 Å². The summed E-state index contributed by atoms with van der Waals surface area (Å²) in [6.07, 6.45) is 0.117. The molecule has 1 unspecified atom stereocenters. The third-order valence-corrected chi connectivity index (χ3v) is 6.30. The first-order valence-electron chi connectivity index (χ1n) is 12.1. The Morgan fingerprint density at radius 1 is 1.19 bits per heavy atom. The number of anilines is 1. The van der Waals surface area contributed by atoms with Crippen LogP contribution in [-0.4, -0.2) is 70.9 Å². The Hall–Kier alpha value is -3.34. The van der Waals surface area contributed by atoms with Gasteiger partial charge in [0.05, 0.1) is 30.2 Å². The van der Waals surface area contributed by atoms with Crippen molar-refractivity contribution in [1.82, 2.24) is 15.5 Å². The molecule has 1 fully saturated rings. The molecule has 2 rings (SSSR count). The number of amides is 3. The Balaban J connectivity index is 2.20. The number of esters is 1. The van der Waals surface area contributed by atoms with E-state index in [0.29, 0.717) is 18.5 Å². The number of aliphatic carboxylic acids is 1. The molecule has 3 amide bonds. The highest BCUT2D eigenvalue weighted by molar-refractivity contribution is 6.33. The average molecular weight is 539 g/mol. The third kappa shape index (κ3) is 8.34. The number of halogens is 1. The predicted molar refractivity (Wildman–Crippen MR) is 137 cm³/mol. The molecule has 0 bridgehead atoms. The van der Waals surface area contributed by atoms with Crippen LogP contribution in [0.5, 0.6) is 0 Å². The number of ether oxygens (including phenoxy) is 1. The lowest BCUT2D eigenvalue weighted by atomic mass is 9.85. The van der Waals surface area contributed by atoms with Crippen LogP contribution in [0.3, 0.4) is 0 Å². The number of nitrogens with two attached hydrogens (primary N) is 1. The van der Waals surface area contributed by atoms with E-state index in [9.17, 15) is 29.1 Å². The number of carboxylic acid groups (broad SMARTS) is 1. The molecule has 204 valence electrons. The number of nitrogens with one attached hydrogen (secondary N) is 2. The van der Waals surface area contributed by atoms with E-state index in [-0.39, 0.29) is 30.2 Å². The van der Waals surface area contributed by atoms with Crippen molar-refractivity contribution in [2.75, 3.05) is 18.9 Å². The summed E-state index contributed by atoms with van der Waals surface area (Å²) < 4.78 is 4.87. The lowest BCUT2D eigenvalue weighted by Crippen LogP contribution is -2.58. The van der Waals surface area contributed by atoms with E-state index in [2.05, 4.69) is 10.6 Å². The van der Waals surface area contributed by atoms with Crippen LogP contribution in [0.15, 0.2) is 18.2 Å². The second-order valence-corrected chi connectivity index (χ2v) is 10.4. The molecule has 3 atom stereocenters. The first-order valence-corrected chi connectivity index (χ1v) is 12.5. The molecule has 5 N–H and O–H groups in total. The minimum atomic E-state index is -1.19. The number of hydrogen-bond acceptors (Lipinski definition) is 7. The molecular weight excluding hydrogens is 504 g/mol. The molecule has 0 saturated carbocycles. The van der Waals surface area contributed by atoms with Crippen LogP contribution in [0.25, 0.3) is 0 Å². The van der Waals surface area contributed by atoms with Gasteiger partial charge in [0.15, 0.2) is 0 Å². The Kier molecular flexibility index (Phi) is 10.3. The van der Waals surface area contributed by atoms with Crippen LogP contribution >= 0.6 is 11.6 Å². The highest BCUT2D eigenvalue weighted by atomic mass is 35.5. The smallest absolute Gasteiger partial charge is 0.307 e. The number of benzene rings is 1. The quantitative estimate of drug-likeness (QED) is 0.259. The fourth-order valence-corrected chi connectivity index (χ4v) is 4.28.